The van der Waals surface area contributed by atoms with Gasteiger partial charge in [0, 0.05) is 6.54 Å². The summed E-state index contributed by atoms with van der Waals surface area (Å²) in [6.45, 7) is 7.80. The van der Waals surface area contributed by atoms with Crippen LogP contribution in [0.2, 0.25) is 0 Å². The van der Waals surface area contributed by atoms with Crippen LogP contribution in [0.1, 0.15) is 55.4 Å². The van der Waals surface area contributed by atoms with Gasteiger partial charge in [0.2, 0.25) is 0 Å². The molecule has 2 heteroatoms. The van der Waals surface area contributed by atoms with Crippen molar-refractivity contribution in [1.29, 1.82) is 0 Å². The van der Waals surface area contributed by atoms with Crippen molar-refractivity contribution in [1.82, 2.24) is 0 Å². The van der Waals surface area contributed by atoms with Gasteiger partial charge in [0.05, 0.1) is 0 Å². The normalized spacial score (nSPS) is 11.0. The van der Waals surface area contributed by atoms with E-state index in [1.54, 1.807) is 0 Å². The van der Waals surface area contributed by atoms with Crippen molar-refractivity contribution in [3.05, 3.63) is 64.7 Å². The molecule has 0 amide bonds. The summed E-state index contributed by atoms with van der Waals surface area (Å²) in [6, 6.07) is 14.9. The predicted octanol–water partition coefficient (Wildman–Crippen LogP) is 4.80. The first-order valence-corrected chi connectivity index (χ1v) is 8.17. The number of aryl methyl sites for hydroxylation is 1. The van der Waals surface area contributed by atoms with Crippen LogP contribution in [0.25, 0.3) is 0 Å². The van der Waals surface area contributed by atoms with E-state index in [0.29, 0.717) is 19.1 Å². The molecule has 2 rings (SSSR count). The van der Waals surface area contributed by atoms with E-state index in [1.165, 1.54) is 22.3 Å². The number of ether oxygens (including phenoxy) is 1. The molecular formula is C20H27NO. The van der Waals surface area contributed by atoms with E-state index >= 15 is 0 Å². The second-order valence-electron chi connectivity index (χ2n) is 6.07. The highest BCUT2D eigenvalue weighted by Crippen LogP contribution is 2.21. The highest BCUT2D eigenvalue weighted by molar-refractivity contribution is 5.33. The summed E-state index contributed by atoms with van der Waals surface area (Å²) in [5.41, 5.74) is 10.9. The molecule has 2 N–H and O–H groups in total. The minimum Gasteiger partial charge on any atom is -0.489 e. The van der Waals surface area contributed by atoms with Crippen LogP contribution in [0.15, 0.2) is 42.5 Å². The first-order chi connectivity index (χ1) is 10.6. The third-order valence-electron chi connectivity index (χ3n) is 3.97. The molecule has 0 aliphatic heterocycles. The van der Waals surface area contributed by atoms with Crippen molar-refractivity contribution in [3.63, 3.8) is 0 Å². The van der Waals surface area contributed by atoms with Gasteiger partial charge in [-0.3, -0.25) is 0 Å². The first-order valence-electron chi connectivity index (χ1n) is 8.17. The van der Waals surface area contributed by atoms with Crippen LogP contribution in [0.4, 0.5) is 0 Å². The van der Waals surface area contributed by atoms with Crippen molar-refractivity contribution in [2.24, 2.45) is 5.73 Å². The second kappa shape index (κ2) is 8.00. The molecule has 0 atom stereocenters. The van der Waals surface area contributed by atoms with Crippen molar-refractivity contribution in [2.45, 2.75) is 52.7 Å². The van der Waals surface area contributed by atoms with Gasteiger partial charge < -0.3 is 10.5 Å². The number of hydrogen-bond donors (Lipinski definition) is 1. The fourth-order valence-corrected chi connectivity index (χ4v) is 2.56. The maximum absolute atomic E-state index is 5.96. The van der Waals surface area contributed by atoms with E-state index in [1.807, 2.05) is 0 Å². The predicted molar refractivity (Wildman–Crippen MR) is 93.2 cm³/mol. The zero-order valence-corrected chi connectivity index (χ0v) is 13.9. The van der Waals surface area contributed by atoms with Crippen molar-refractivity contribution in [2.75, 3.05) is 0 Å². The highest BCUT2D eigenvalue weighted by atomic mass is 16.5. The number of hydrogen-bond acceptors (Lipinski definition) is 2. The average Bonchev–Trinajstić information content (AvgIpc) is 2.54. The Morgan fingerprint density at radius 1 is 1.00 bits per heavy atom. The zero-order valence-electron chi connectivity index (χ0n) is 13.9. The molecule has 0 spiro atoms. The van der Waals surface area contributed by atoms with Crippen LogP contribution in [0.3, 0.4) is 0 Å². The fourth-order valence-electron chi connectivity index (χ4n) is 2.56. The Balaban J connectivity index is 2.07. The van der Waals surface area contributed by atoms with Crippen molar-refractivity contribution >= 4 is 0 Å². The van der Waals surface area contributed by atoms with Gasteiger partial charge in [-0.25, -0.2) is 0 Å². The molecule has 22 heavy (non-hydrogen) atoms. The minimum atomic E-state index is 0.550. The molecular weight excluding hydrogens is 270 g/mol. The maximum Gasteiger partial charge on any atom is 0.119 e. The Hall–Kier alpha value is -1.80. The lowest BCUT2D eigenvalue weighted by Gasteiger charge is -2.13. The first kappa shape index (κ1) is 16.6. The SMILES string of the molecule is CCCc1cc(CN)ccc1COc1ccc(C(C)C)cc1. The average molecular weight is 297 g/mol. The van der Waals surface area contributed by atoms with E-state index in [-0.39, 0.29) is 0 Å². The topological polar surface area (TPSA) is 35.2 Å². The van der Waals surface area contributed by atoms with Crippen LogP contribution in [0, 0.1) is 0 Å². The Bertz CT molecular complexity index is 587. The van der Waals surface area contributed by atoms with E-state index in [9.17, 15) is 0 Å². The second-order valence-corrected chi connectivity index (χ2v) is 6.07. The summed E-state index contributed by atoms with van der Waals surface area (Å²) in [7, 11) is 0. The van der Waals surface area contributed by atoms with Gasteiger partial charge in [0.1, 0.15) is 12.4 Å². The summed E-state index contributed by atoms with van der Waals surface area (Å²) in [5, 5.41) is 0. The van der Waals surface area contributed by atoms with E-state index in [0.717, 1.165) is 18.6 Å². The van der Waals surface area contributed by atoms with Crippen molar-refractivity contribution < 1.29 is 4.74 Å². The lowest BCUT2D eigenvalue weighted by molar-refractivity contribution is 0.305. The quantitative estimate of drug-likeness (QED) is 0.796. The lowest BCUT2D eigenvalue weighted by atomic mass is 10.0. The van der Waals surface area contributed by atoms with Gasteiger partial charge in [-0.05, 0) is 46.7 Å². The summed E-state index contributed by atoms with van der Waals surface area (Å²) < 4.78 is 5.96. The third-order valence-corrected chi connectivity index (χ3v) is 3.97. The van der Waals surface area contributed by atoms with Gasteiger partial charge >= 0.3 is 0 Å². The molecule has 0 radical (unpaired) electrons. The van der Waals surface area contributed by atoms with E-state index < -0.39 is 0 Å². The molecule has 0 bridgehead atoms. The maximum atomic E-state index is 5.96. The molecule has 0 aromatic heterocycles. The fraction of sp³-hybridized carbons (Fsp3) is 0.400. The number of rotatable bonds is 7. The molecule has 0 aliphatic carbocycles. The molecule has 2 nitrogen and oxygen atoms in total. The Morgan fingerprint density at radius 2 is 1.73 bits per heavy atom. The van der Waals surface area contributed by atoms with Crippen LogP contribution >= 0.6 is 0 Å². The lowest BCUT2D eigenvalue weighted by Crippen LogP contribution is -2.03. The van der Waals surface area contributed by atoms with Gasteiger partial charge in [-0.2, -0.15) is 0 Å². The molecule has 0 heterocycles. The summed E-state index contributed by atoms with van der Waals surface area (Å²) in [5.74, 6) is 1.48. The van der Waals surface area contributed by atoms with Crippen LogP contribution < -0.4 is 10.5 Å². The van der Waals surface area contributed by atoms with Gasteiger partial charge in [-0.1, -0.05) is 57.5 Å². The number of benzene rings is 2. The van der Waals surface area contributed by atoms with Crippen LogP contribution in [0.5, 0.6) is 5.75 Å². The Labute approximate surface area is 134 Å². The molecule has 0 unspecified atom stereocenters. The number of nitrogens with two attached hydrogens (primary N) is 1. The molecule has 0 saturated carbocycles. The van der Waals surface area contributed by atoms with E-state index in [2.05, 4.69) is 63.2 Å². The van der Waals surface area contributed by atoms with Crippen molar-refractivity contribution in [3.8, 4) is 5.75 Å². The van der Waals surface area contributed by atoms with Gasteiger partial charge in [0.25, 0.3) is 0 Å². The Kier molecular flexibility index (Phi) is 6.02. The zero-order chi connectivity index (χ0) is 15.9. The molecule has 118 valence electrons. The third kappa shape index (κ3) is 4.35. The van der Waals surface area contributed by atoms with E-state index in [4.69, 9.17) is 10.5 Å². The summed E-state index contributed by atoms with van der Waals surface area (Å²) in [6.07, 6.45) is 2.20. The van der Waals surface area contributed by atoms with Gasteiger partial charge in [0.15, 0.2) is 0 Å². The molecule has 0 saturated heterocycles. The smallest absolute Gasteiger partial charge is 0.119 e. The largest absolute Gasteiger partial charge is 0.489 e. The summed E-state index contributed by atoms with van der Waals surface area (Å²) in [4.78, 5) is 0. The monoisotopic (exact) mass is 297 g/mol. The summed E-state index contributed by atoms with van der Waals surface area (Å²) >= 11 is 0. The highest BCUT2D eigenvalue weighted by Gasteiger charge is 2.05. The molecule has 0 aliphatic rings. The minimum absolute atomic E-state index is 0.550. The molecule has 2 aromatic rings. The standard InChI is InChI=1S/C20H27NO/c1-4-5-18-12-16(13-21)6-7-19(18)14-22-20-10-8-17(9-11-20)15(2)3/h6-12,15H,4-5,13-14,21H2,1-3H3. The van der Waals surface area contributed by atoms with Crippen LogP contribution in [-0.2, 0) is 19.6 Å². The Morgan fingerprint density at radius 3 is 2.32 bits per heavy atom. The molecule has 0 fully saturated rings. The van der Waals surface area contributed by atoms with Crippen LogP contribution in [-0.4, -0.2) is 0 Å². The van der Waals surface area contributed by atoms with Gasteiger partial charge in [-0.15, -0.1) is 0 Å². The molecule has 2 aromatic carbocycles.